The van der Waals surface area contributed by atoms with Crippen LogP contribution in [0.25, 0.3) is 22.5 Å². The Morgan fingerprint density at radius 3 is 2.31 bits per heavy atom. The number of anilines is 3. The third kappa shape index (κ3) is 5.68. The lowest BCUT2D eigenvalue weighted by molar-refractivity contribution is 0.262. The molecule has 186 valence electrons. The van der Waals surface area contributed by atoms with Crippen LogP contribution >= 0.6 is 0 Å². The van der Waals surface area contributed by atoms with E-state index in [2.05, 4.69) is 63.9 Å². The van der Waals surface area contributed by atoms with Gasteiger partial charge in [0.2, 0.25) is 0 Å². The zero-order valence-electron chi connectivity index (χ0n) is 20.8. The fourth-order valence-electron chi connectivity index (χ4n) is 4.09. The van der Waals surface area contributed by atoms with Crippen LogP contribution < -0.4 is 15.5 Å². The van der Waals surface area contributed by atoms with Gasteiger partial charge in [0.05, 0.1) is 17.1 Å². The number of amides is 2. The number of carbonyl (C=O) groups excluding carboxylic acids is 1. The minimum absolute atomic E-state index is 0.110. The summed E-state index contributed by atoms with van der Waals surface area (Å²) in [4.78, 5) is 15.2. The number of nitrogens with one attached hydrogen (secondary N) is 3. The van der Waals surface area contributed by atoms with Crippen molar-refractivity contribution in [1.82, 2.24) is 20.6 Å². The van der Waals surface area contributed by atoms with Crippen molar-refractivity contribution in [1.29, 1.82) is 0 Å². The molecule has 36 heavy (non-hydrogen) atoms. The second-order valence-corrected chi connectivity index (χ2v) is 9.23. The number of hydrogen-bond acceptors (Lipinski definition) is 5. The molecule has 8 nitrogen and oxygen atoms in total. The normalized spacial score (nSPS) is 11.1. The lowest BCUT2D eigenvalue weighted by Gasteiger charge is -2.33. The molecule has 0 spiro atoms. The Balaban J connectivity index is 1.76. The highest BCUT2D eigenvalue weighted by atomic mass is 19.1. The molecule has 0 bridgehead atoms. The van der Waals surface area contributed by atoms with Crippen molar-refractivity contribution in [2.75, 3.05) is 22.1 Å². The molecule has 4 rings (SSSR count). The predicted octanol–water partition coefficient (Wildman–Crippen LogP) is 6.19. The number of carbonyl (C=O) groups is 1. The maximum atomic E-state index is 14.1. The van der Waals surface area contributed by atoms with E-state index in [1.807, 2.05) is 42.5 Å². The second kappa shape index (κ2) is 11.0. The van der Waals surface area contributed by atoms with Gasteiger partial charge in [0, 0.05) is 18.2 Å². The first-order valence-electron chi connectivity index (χ1n) is 11.9. The molecular weight excluding hydrogens is 457 g/mol. The second-order valence-electron chi connectivity index (χ2n) is 9.23. The van der Waals surface area contributed by atoms with E-state index in [1.54, 1.807) is 12.1 Å². The Morgan fingerprint density at radius 2 is 1.64 bits per heavy atom. The van der Waals surface area contributed by atoms with Crippen molar-refractivity contribution in [3.8, 4) is 22.5 Å². The van der Waals surface area contributed by atoms with Crippen molar-refractivity contribution in [2.45, 2.75) is 33.7 Å². The largest absolute Gasteiger partial charge is 0.367 e. The molecule has 0 radical (unpaired) electrons. The van der Waals surface area contributed by atoms with Crippen LogP contribution in [-0.2, 0) is 0 Å². The molecule has 4 aromatic rings. The van der Waals surface area contributed by atoms with Crippen LogP contribution in [0.2, 0.25) is 0 Å². The molecule has 0 unspecified atom stereocenters. The topological polar surface area (TPSA) is 98.8 Å². The summed E-state index contributed by atoms with van der Waals surface area (Å²) in [5.74, 6) is 0.455. The molecule has 1 heterocycles. The summed E-state index contributed by atoms with van der Waals surface area (Å²) in [6, 6.07) is 19.5. The molecule has 2 amide bonds. The van der Waals surface area contributed by atoms with Crippen LogP contribution in [0.15, 0.2) is 66.7 Å². The molecule has 0 aliphatic carbocycles. The molecule has 0 saturated carbocycles. The summed E-state index contributed by atoms with van der Waals surface area (Å²) < 4.78 is 14.1. The first-order chi connectivity index (χ1) is 17.3. The molecule has 0 aliphatic heterocycles. The highest BCUT2D eigenvalue weighted by molar-refractivity contribution is 6.02. The van der Waals surface area contributed by atoms with Gasteiger partial charge in [-0.25, -0.2) is 14.3 Å². The highest BCUT2D eigenvalue weighted by Gasteiger charge is 2.20. The molecule has 0 fully saturated rings. The van der Waals surface area contributed by atoms with Gasteiger partial charge in [0.1, 0.15) is 5.82 Å². The van der Waals surface area contributed by atoms with E-state index in [4.69, 9.17) is 0 Å². The lowest BCUT2D eigenvalue weighted by atomic mass is 9.97. The van der Waals surface area contributed by atoms with Crippen LogP contribution in [0.3, 0.4) is 0 Å². The van der Waals surface area contributed by atoms with E-state index in [-0.39, 0.29) is 11.7 Å². The number of benzene rings is 3. The van der Waals surface area contributed by atoms with Gasteiger partial charge >= 0.3 is 6.03 Å². The number of halogens is 1. The van der Waals surface area contributed by atoms with Crippen molar-refractivity contribution >= 4 is 23.1 Å². The summed E-state index contributed by atoms with van der Waals surface area (Å²) in [7, 11) is 0. The van der Waals surface area contributed by atoms with E-state index >= 15 is 0 Å². The van der Waals surface area contributed by atoms with Crippen molar-refractivity contribution in [3.05, 3.63) is 72.5 Å². The predicted molar refractivity (Wildman–Crippen MR) is 141 cm³/mol. The van der Waals surface area contributed by atoms with Crippen LogP contribution in [0, 0.1) is 11.7 Å². The Hall–Kier alpha value is -4.27. The summed E-state index contributed by atoms with van der Waals surface area (Å²) in [6.07, 6.45) is 0. The van der Waals surface area contributed by atoms with Gasteiger partial charge in [-0.1, -0.05) is 56.3 Å². The number of aromatic nitrogens is 4. The molecular formula is C27H30FN7O. The number of nitrogens with zero attached hydrogens (tertiary/aromatic N) is 4. The van der Waals surface area contributed by atoms with Gasteiger partial charge in [-0.2, -0.15) is 0 Å². The van der Waals surface area contributed by atoms with Crippen LogP contribution in [-0.4, -0.2) is 39.2 Å². The van der Waals surface area contributed by atoms with E-state index in [9.17, 15) is 9.18 Å². The summed E-state index contributed by atoms with van der Waals surface area (Å²) in [5, 5.41) is 19.8. The van der Waals surface area contributed by atoms with Crippen molar-refractivity contribution in [3.63, 3.8) is 0 Å². The summed E-state index contributed by atoms with van der Waals surface area (Å²) in [5.41, 5.74) is 4.21. The maximum absolute atomic E-state index is 14.1. The fourth-order valence-corrected chi connectivity index (χ4v) is 4.09. The van der Waals surface area contributed by atoms with Gasteiger partial charge in [0.25, 0.3) is 0 Å². The number of H-pyrrole nitrogens is 1. The molecule has 0 atom stereocenters. The van der Waals surface area contributed by atoms with Crippen molar-refractivity contribution < 1.29 is 9.18 Å². The molecule has 0 saturated heterocycles. The number of aromatic amines is 1. The van der Waals surface area contributed by atoms with Gasteiger partial charge in [0.15, 0.2) is 5.82 Å². The van der Waals surface area contributed by atoms with Crippen LogP contribution in [0.1, 0.15) is 27.7 Å². The van der Waals surface area contributed by atoms with Crippen LogP contribution in [0.4, 0.5) is 26.2 Å². The van der Waals surface area contributed by atoms with Gasteiger partial charge in [-0.15, -0.1) is 5.10 Å². The lowest BCUT2D eigenvalue weighted by Crippen LogP contribution is -2.35. The third-order valence-corrected chi connectivity index (χ3v) is 5.70. The smallest absolute Gasteiger partial charge is 0.323 e. The number of rotatable bonds is 8. The number of tetrazole rings is 1. The standard InChI is InChI=1S/C27H30FN7O/c1-17(2)16-35(18(3)4)25-14-13-19(20-9-5-6-10-21(20)26-31-33-34-32-26)15-24(25)30-27(36)29-23-12-8-7-11-22(23)28/h5-15,17-18H,16H2,1-4H3,(H2,29,30,36)(H,31,32,33,34). The molecule has 3 aromatic carbocycles. The maximum Gasteiger partial charge on any atom is 0.323 e. The van der Waals surface area contributed by atoms with Crippen LogP contribution in [0.5, 0.6) is 0 Å². The fraction of sp³-hybridized carbons (Fsp3) is 0.259. The SMILES string of the molecule is CC(C)CN(c1ccc(-c2ccccc2-c2nnn[nH]2)cc1NC(=O)Nc1ccccc1F)C(C)C. The first-order valence-corrected chi connectivity index (χ1v) is 11.9. The molecule has 3 N–H and O–H groups in total. The minimum atomic E-state index is -0.528. The van der Waals surface area contributed by atoms with E-state index < -0.39 is 11.8 Å². The highest BCUT2D eigenvalue weighted by Crippen LogP contribution is 2.36. The average molecular weight is 488 g/mol. The number of urea groups is 1. The third-order valence-electron chi connectivity index (χ3n) is 5.70. The monoisotopic (exact) mass is 487 g/mol. The van der Waals surface area contributed by atoms with Gasteiger partial charge in [-0.05, 0) is 65.6 Å². The van der Waals surface area contributed by atoms with Crippen molar-refractivity contribution in [2.24, 2.45) is 5.92 Å². The van der Waals surface area contributed by atoms with E-state index in [0.717, 1.165) is 28.9 Å². The summed E-state index contributed by atoms with van der Waals surface area (Å²) in [6.45, 7) is 9.35. The zero-order valence-corrected chi connectivity index (χ0v) is 20.8. The summed E-state index contributed by atoms with van der Waals surface area (Å²) >= 11 is 0. The van der Waals surface area contributed by atoms with E-state index in [1.165, 1.54) is 12.1 Å². The zero-order chi connectivity index (χ0) is 25.7. The Kier molecular flexibility index (Phi) is 7.58. The molecule has 1 aromatic heterocycles. The first kappa shape index (κ1) is 24.8. The minimum Gasteiger partial charge on any atom is -0.367 e. The Bertz CT molecular complexity index is 1320. The number of hydrogen-bond donors (Lipinski definition) is 3. The molecule has 0 aliphatic rings. The Labute approximate surface area is 209 Å². The molecule has 9 heteroatoms. The average Bonchev–Trinajstić information content (AvgIpc) is 3.39. The Morgan fingerprint density at radius 1 is 0.944 bits per heavy atom. The quantitative estimate of drug-likeness (QED) is 0.275. The van der Waals surface area contributed by atoms with Gasteiger partial charge in [-0.3, -0.25) is 0 Å². The van der Waals surface area contributed by atoms with E-state index in [0.29, 0.717) is 17.4 Å². The van der Waals surface area contributed by atoms with Gasteiger partial charge < -0.3 is 15.5 Å². The number of para-hydroxylation sites is 1.